The van der Waals surface area contributed by atoms with Gasteiger partial charge in [-0.15, -0.1) is 0 Å². The Morgan fingerprint density at radius 1 is 0.808 bits per heavy atom. The lowest BCUT2D eigenvalue weighted by atomic mass is 10.1. The van der Waals surface area contributed by atoms with Crippen molar-refractivity contribution in [1.29, 1.82) is 0 Å². The first-order valence-electron chi connectivity index (χ1n) is 15.9. The molecule has 2 heterocycles. The van der Waals surface area contributed by atoms with Crippen LogP contribution in [0.4, 0.5) is 0 Å². The fourth-order valence-corrected chi connectivity index (χ4v) is 9.34. The van der Waals surface area contributed by atoms with E-state index in [9.17, 15) is 13.2 Å². The minimum absolute atomic E-state index is 0.0285. The summed E-state index contributed by atoms with van der Waals surface area (Å²) >= 11 is 4.71. The van der Waals surface area contributed by atoms with Gasteiger partial charge in [0.15, 0.2) is 22.4 Å². The SMILES string of the molecule is COc1cc(OC)c2c(=O)c(OCCCCSc3nc4ccccc4n3S(=O)(=O)c3ccccc3Br)c(-c3cc(OC)c(OC)c(OC)c3)oc2c1. The zero-order chi connectivity index (χ0) is 37.0. The maximum atomic E-state index is 14.1. The van der Waals surface area contributed by atoms with Gasteiger partial charge in [0.25, 0.3) is 10.0 Å². The van der Waals surface area contributed by atoms with Crippen molar-refractivity contribution < 1.29 is 41.3 Å². The summed E-state index contributed by atoms with van der Waals surface area (Å²) in [5, 5.41) is 0.537. The number of rotatable bonds is 15. The number of unbranched alkanes of at least 4 members (excludes halogenated alkanes) is 1. The van der Waals surface area contributed by atoms with E-state index in [2.05, 4.69) is 20.9 Å². The first kappa shape index (κ1) is 36.9. The zero-order valence-corrected chi connectivity index (χ0v) is 32.1. The van der Waals surface area contributed by atoms with Gasteiger partial charge in [-0.1, -0.05) is 36.0 Å². The smallest absolute Gasteiger partial charge is 0.271 e. The van der Waals surface area contributed by atoms with Crippen molar-refractivity contribution in [2.75, 3.05) is 47.9 Å². The summed E-state index contributed by atoms with van der Waals surface area (Å²) in [7, 11) is 3.47. The first-order chi connectivity index (χ1) is 25.2. The van der Waals surface area contributed by atoms with Crippen molar-refractivity contribution in [3.63, 3.8) is 0 Å². The van der Waals surface area contributed by atoms with Gasteiger partial charge in [0, 0.05) is 27.9 Å². The summed E-state index contributed by atoms with van der Waals surface area (Å²) in [5.41, 5.74) is 1.30. The van der Waals surface area contributed by atoms with Gasteiger partial charge in [0.1, 0.15) is 27.4 Å². The van der Waals surface area contributed by atoms with Gasteiger partial charge in [-0.2, -0.15) is 0 Å². The Labute approximate surface area is 312 Å². The summed E-state index contributed by atoms with van der Waals surface area (Å²) in [6.07, 6.45) is 1.14. The Morgan fingerprint density at radius 3 is 2.17 bits per heavy atom. The van der Waals surface area contributed by atoms with Gasteiger partial charge in [-0.25, -0.2) is 17.4 Å². The Hall–Kier alpha value is -4.86. The van der Waals surface area contributed by atoms with E-state index in [1.165, 1.54) is 51.3 Å². The second kappa shape index (κ2) is 15.8. The van der Waals surface area contributed by atoms with Gasteiger partial charge < -0.3 is 32.8 Å². The fourth-order valence-electron chi connectivity index (χ4n) is 5.65. The third kappa shape index (κ3) is 6.99. The largest absolute Gasteiger partial charge is 0.496 e. The molecule has 272 valence electrons. The summed E-state index contributed by atoms with van der Waals surface area (Å²) in [6.45, 7) is 0.151. The third-order valence-corrected chi connectivity index (χ3v) is 12.0. The topological polar surface area (TPSA) is 138 Å². The Balaban J connectivity index is 1.28. The molecule has 4 aromatic carbocycles. The number of nitrogens with zero attached hydrogens (tertiary/aromatic N) is 2. The van der Waals surface area contributed by atoms with Crippen LogP contribution in [-0.4, -0.2) is 65.3 Å². The minimum atomic E-state index is -3.97. The molecule has 6 rings (SSSR count). The van der Waals surface area contributed by atoms with Crippen molar-refractivity contribution in [2.45, 2.75) is 22.9 Å². The van der Waals surface area contributed by atoms with Crippen LogP contribution >= 0.6 is 27.7 Å². The highest BCUT2D eigenvalue weighted by Crippen LogP contribution is 2.44. The molecule has 52 heavy (non-hydrogen) atoms. The van der Waals surface area contributed by atoms with E-state index in [-0.39, 0.29) is 39.7 Å². The number of fused-ring (bicyclic) bond motifs is 2. The lowest BCUT2D eigenvalue weighted by Gasteiger charge is -2.17. The Bertz CT molecular complexity index is 2400. The minimum Gasteiger partial charge on any atom is -0.496 e. The lowest BCUT2D eigenvalue weighted by molar-refractivity contribution is 0.301. The highest BCUT2D eigenvalue weighted by molar-refractivity contribution is 9.10. The molecule has 0 amide bonds. The molecule has 0 spiro atoms. The molecule has 15 heteroatoms. The van der Waals surface area contributed by atoms with Crippen LogP contribution in [0.3, 0.4) is 0 Å². The number of benzene rings is 4. The number of halogens is 1. The molecule has 0 unspecified atom stereocenters. The number of aromatic nitrogens is 2. The Morgan fingerprint density at radius 2 is 1.50 bits per heavy atom. The Kier molecular flexibility index (Phi) is 11.2. The molecule has 0 aliphatic carbocycles. The molecular formula is C37H35BrN2O10S2. The van der Waals surface area contributed by atoms with Crippen LogP contribution in [0.15, 0.2) is 96.5 Å². The highest BCUT2D eigenvalue weighted by Gasteiger charge is 2.27. The summed E-state index contributed by atoms with van der Waals surface area (Å²) < 4.78 is 69.7. The molecule has 0 saturated carbocycles. The second-order valence-electron chi connectivity index (χ2n) is 11.2. The number of methoxy groups -OCH3 is 5. The summed E-state index contributed by atoms with van der Waals surface area (Å²) in [6, 6.07) is 20.3. The maximum Gasteiger partial charge on any atom is 0.271 e. The van der Waals surface area contributed by atoms with Gasteiger partial charge in [0.05, 0.1) is 53.2 Å². The van der Waals surface area contributed by atoms with Crippen LogP contribution in [-0.2, 0) is 10.0 Å². The summed E-state index contributed by atoms with van der Waals surface area (Å²) in [5.74, 6) is 2.44. The molecule has 0 aliphatic heterocycles. The molecule has 0 aliphatic rings. The van der Waals surface area contributed by atoms with Gasteiger partial charge >= 0.3 is 0 Å². The molecular weight excluding hydrogens is 776 g/mol. The molecule has 6 aromatic rings. The molecule has 0 fully saturated rings. The van der Waals surface area contributed by atoms with E-state index in [1.807, 2.05) is 6.07 Å². The standard InChI is InChI=1S/C37H35BrN2O10S2/c1-44-23-20-27(45-2)32-28(21-23)50-34(22-18-29(46-3)35(48-5)30(19-22)47-4)36(33(32)41)49-16-10-11-17-51-37-39-25-13-7-8-14-26(25)40(37)52(42,43)31-15-9-6-12-24(31)38/h6-9,12-15,18-21H,10-11,16-17H2,1-5H3. The van der Waals surface area contributed by atoms with Crippen molar-refractivity contribution in [3.8, 4) is 45.8 Å². The van der Waals surface area contributed by atoms with Crippen molar-refractivity contribution in [2.24, 2.45) is 0 Å². The molecule has 0 N–H and O–H groups in total. The summed E-state index contributed by atoms with van der Waals surface area (Å²) in [4.78, 5) is 18.9. The molecule has 2 aromatic heterocycles. The van der Waals surface area contributed by atoms with Crippen LogP contribution in [0.2, 0.25) is 0 Å². The number of ether oxygens (including phenoxy) is 6. The van der Waals surface area contributed by atoms with Gasteiger partial charge in [-0.3, -0.25) is 4.79 Å². The molecule has 12 nitrogen and oxygen atoms in total. The van der Waals surface area contributed by atoms with E-state index in [4.69, 9.17) is 32.8 Å². The van der Waals surface area contributed by atoms with Gasteiger partial charge in [-0.05, 0) is 65.2 Å². The molecule has 0 radical (unpaired) electrons. The number of para-hydroxylation sites is 2. The van der Waals surface area contributed by atoms with Crippen molar-refractivity contribution in [3.05, 3.63) is 87.5 Å². The van der Waals surface area contributed by atoms with Crippen LogP contribution in [0.1, 0.15) is 12.8 Å². The van der Waals surface area contributed by atoms with Crippen LogP contribution in [0.5, 0.6) is 34.5 Å². The van der Waals surface area contributed by atoms with E-state index in [0.717, 1.165) is 0 Å². The average molecular weight is 812 g/mol. The van der Waals surface area contributed by atoms with Crippen molar-refractivity contribution in [1.82, 2.24) is 8.96 Å². The molecule has 0 atom stereocenters. The third-order valence-electron chi connectivity index (χ3n) is 8.14. The van der Waals surface area contributed by atoms with Crippen molar-refractivity contribution >= 4 is 59.7 Å². The average Bonchev–Trinajstić information content (AvgIpc) is 3.54. The fraction of sp³-hybridized carbons (Fsp3) is 0.243. The van der Waals surface area contributed by atoms with Crippen LogP contribution in [0.25, 0.3) is 33.3 Å². The molecule has 0 bridgehead atoms. The number of hydrogen-bond acceptors (Lipinski definition) is 12. The van der Waals surface area contributed by atoms with Crippen LogP contribution in [0, 0.1) is 0 Å². The zero-order valence-electron chi connectivity index (χ0n) is 28.9. The van der Waals surface area contributed by atoms with E-state index in [0.29, 0.717) is 67.8 Å². The van der Waals surface area contributed by atoms with Gasteiger partial charge in [0.2, 0.25) is 16.9 Å². The first-order valence-corrected chi connectivity index (χ1v) is 19.1. The second-order valence-corrected chi connectivity index (χ2v) is 14.9. The maximum absolute atomic E-state index is 14.1. The lowest BCUT2D eigenvalue weighted by Crippen LogP contribution is -2.15. The van der Waals surface area contributed by atoms with Crippen LogP contribution < -0.4 is 33.8 Å². The monoisotopic (exact) mass is 810 g/mol. The molecule has 0 saturated heterocycles. The normalized spacial score (nSPS) is 11.5. The predicted octanol–water partition coefficient (Wildman–Crippen LogP) is 7.80. The quantitative estimate of drug-likeness (QED) is 0.0739. The van der Waals surface area contributed by atoms with E-state index >= 15 is 0 Å². The predicted molar refractivity (Wildman–Crippen MR) is 203 cm³/mol. The van der Waals surface area contributed by atoms with E-state index in [1.54, 1.807) is 66.7 Å². The van der Waals surface area contributed by atoms with E-state index < -0.39 is 15.5 Å². The number of thioether (sulfide) groups is 1. The number of imidazole rings is 1. The highest BCUT2D eigenvalue weighted by atomic mass is 79.9. The number of hydrogen-bond donors (Lipinski definition) is 0.